The topological polar surface area (TPSA) is 77.8 Å². The average molecular weight is 306 g/mol. The SMILES string of the molecule is C[C@@H]1C[C@](O)(CO)C[C@@H]2C=C[C@H](C)[C@H](/C=C/C=C/C(=O)O)[C@@H]12. The Balaban J connectivity index is 2.18. The van der Waals surface area contributed by atoms with Crippen LogP contribution in [0.5, 0.6) is 0 Å². The number of carbonyl (C=O) groups is 1. The molecule has 0 bridgehead atoms. The zero-order valence-corrected chi connectivity index (χ0v) is 13.2. The van der Waals surface area contributed by atoms with Gasteiger partial charge in [-0.3, -0.25) is 0 Å². The summed E-state index contributed by atoms with van der Waals surface area (Å²) in [6.45, 7) is 4.12. The Labute approximate surface area is 131 Å². The Kier molecular flexibility index (Phi) is 5.24. The minimum atomic E-state index is -0.969. The third kappa shape index (κ3) is 3.68. The third-order valence-corrected chi connectivity index (χ3v) is 5.16. The Hall–Kier alpha value is -1.39. The second kappa shape index (κ2) is 6.80. The summed E-state index contributed by atoms with van der Waals surface area (Å²) in [5.41, 5.74) is -0.969. The van der Waals surface area contributed by atoms with Gasteiger partial charge in [0.05, 0.1) is 12.2 Å². The van der Waals surface area contributed by atoms with Crippen molar-refractivity contribution < 1.29 is 20.1 Å². The van der Waals surface area contributed by atoms with Gasteiger partial charge in [0.2, 0.25) is 0 Å². The molecule has 0 aromatic carbocycles. The highest BCUT2D eigenvalue weighted by Crippen LogP contribution is 2.49. The number of allylic oxidation sites excluding steroid dienone is 5. The van der Waals surface area contributed by atoms with Crippen molar-refractivity contribution in [2.75, 3.05) is 6.61 Å². The van der Waals surface area contributed by atoms with Gasteiger partial charge < -0.3 is 15.3 Å². The van der Waals surface area contributed by atoms with Crippen LogP contribution in [0, 0.1) is 29.6 Å². The third-order valence-electron chi connectivity index (χ3n) is 5.16. The van der Waals surface area contributed by atoms with E-state index in [9.17, 15) is 15.0 Å². The molecule has 3 N–H and O–H groups in total. The van der Waals surface area contributed by atoms with Crippen LogP contribution in [0.2, 0.25) is 0 Å². The van der Waals surface area contributed by atoms with Crippen LogP contribution < -0.4 is 0 Å². The molecule has 122 valence electrons. The molecule has 22 heavy (non-hydrogen) atoms. The highest BCUT2D eigenvalue weighted by Gasteiger charge is 2.46. The van der Waals surface area contributed by atoms with E-state index in [2.05, 4.69) is 32.1 Å². The summed E-state index contributed by atoms with van der Waals surface area (Å²) in [6, 6.07) is 0. The molecule has 6 atom stereocenters. The number of hydrogen-bond donors (Lipinski definition) is 3. The van der Waals surface area contributed by atoms with Gasteiger partial charge in [0.1, 0.15) is 0 Å². The normalized spacial score (nSPS) is 41.9. The summed E-state index contributed by atoms with van der Waals surface area (Å²) >= 11 is 0. The zero-order valence-electron chi connectivity index (χ0n) is 13.2. The van der Waals surface area contributed by atoms with E-state index in [1.54, 1.807) is 6.08 Å². The number of aliphatic hydroxyl groups is 2. The Bertz CT molecular complexity index is 493. The molecule has 0 radical (unpaired) electrons. The summed E-state index contributed by atoms with van der Waals surface area (Å²) in [5, 5.41) is 28.5. The Morgan fingerprint density at radius 1 is 1.27 bits per heavy atom. The number of hydrogen-bond acceptors (Lipinski definition) is 3. The standard InChI is InChI=1S/C18H26O4/c1-12-7-8-14-10-18(22,11-19)9-13(2)17(14)15(12)5-3-4-6-16(20)21/h3-8,12-15,17,19,22H,9-11H2,1-2H3,(H,20,21)/b5-3+,6-4+/t12-,13+,14-,15-,17-,18+/m0/s1. The summed E-state index contributed by atoms with van der Waals surface area (Å²) in [4.78, 5) is 10.5. The largest absolute Gasteiger partial charge is 0.478 e. The number of aliphatic hydroxyl groups excluding tert-OH is 1. The van der Waals surface area contributed by atoms with Gasteiger partial charge in [-0.1, -0.05) is 44.2 Å². The monoisotopic (exact) mass is 306 g/mol. The maximum absolute atomic E-state index is 10.5. The van der Waals surface area contributed by atoms with E-state index in [4.69, 9.17) is 5.11 Å². The molecule has 2 aliphatic carbocycles. The highest BCUT2D eigenvalue weighted by molar-refractivity contribution is 5.80. The molecule has 0 heterocycles. The highest BCUT2D eigenvalue weighted by atomic mass is 16.4. The van der Waals surface area contributed by atoms with Gasteiger partial charge >= 0.3 is 5.97 Å². The fourth-order valence-electron chi connectivity index (χ4n) is 4.24. The van der Waals surface area contributed by atoms with Crippen LogP contribution in [0.15, 0.2) is 36.5 Å². The zero-order chi connectivity index (χ0) is 16.3. The first-order chi connectivity index (χ1) is 10.4. The maximum atomic E-state index is 10.5. The molecule has 0 spiro atoms. The van der Waals surface area contributed by atoms with E-state index < -0.39 is 11.6 Å². The Morgan fingerprint density at radius 3 is 2.64 bits per heavy atom. The van der Waals surface area contributed by atoms with Crippen molar-refractivity contribution in [1.82, 2.24) is 0 Å². The molecule has 0 aromatic rings. The van der Waals surface area contributed by atoms with Crippen LogP contribution in [-0.2, 0) is 4.79 Å². The number of aliphatic carboxylic acids is 1. The van der Waals surface area contributed by atoms with Crippen LogP contribution in [0.25, 0.3) is 0 Å². The number of carboxylic acids is 1. The Morgan fingerprint density at radius 2 is 2.00 bits per heavy atom. The molecule has 1 fully saturated rings. The van der Waals surface area contributed by atoms with Crippen LogP contribution >= 0.6 is 0 Å². The van der Waals surface area contributed by atoms with E-state index in [1.807, 2.05) is 6.08 Å². The molecule has 2 aliphatic rings. The van der Waals surface area contributed by atoms with Crippen LogP contribution in [0.4, 0.5) is 0 Å². The first-order valence-corrected chi connectivity index (χ1v) is 7.95. The number of carboxylic acid groups (broad SMARTS) is 1. The summed E-state index contributed by atoms with van der Waals surface area (Å²) in [6.07, 6.45) is 12.1. The van der Waals surface area contributed by atoms with E-state index in [0.717, 1.165) is 6.08 Å². The molecular weight excluding hydrogens is 280 g/mol. The van der Waals surface area contributed by atoms with E-state index in [1.165, 1.54) is 0 Å². The predicted octanol–water partition coefficient (Wildman–Crippen LogP) is 2.39. The summed E-state index contributed by atoms with van der Waals surface area (Å²) < 4.78 is 0. The average Bonchev–Trinajstić information content (AvgIpc) is 2.45. The first-order valence-electron chi connectivity index (χ1n) is 7.95. The molecule has 1 saturated carbocycles. The van der Waals surface area contributed by atoms with Gasteiger partial charge in [-0.05, 0) is 42.4 Å². The quantitative estimate of drug-likeness (QED) is 0.423. The molecule has 2 rings (SSSR count). The minimum Gasteiger partial charge on any atom is -0.478 e. The summed E-state index contributed by atoms with van der Waals surface area (Å²) in [7, 11) is 0. The molecule has 4 heteroatoms. The van der Waals surface area contributed by atoms with Crippen LogP contribution in [0.3, 0.4) is 0 Å². The van der Waals surface area contributed by atoms with Gasteiger partial charge in [0.15, 0.2) is 0 Å². The van der Waals surface area contributed by atoms with E-state index >= 15 is 0 Å². The number of fused-ring (bicyclic) bond motifs is 1. The van der Waals surface area contributed by atoms with E-state index in [0.29, 0.717) is 36.5 Å². The number of rotatable bonds is 4. The van der Waals surface area contributed by atoms with Gasteiger partial charge in [0.25, 0.3) is 0 Å². The van der Waals surface area contributed by atoms with Crippen molar-refractivity contribution in [3.05, 3.63) is 36.5 Å². The van der Waals surface area contributed by atoms with Crippen LogP contribution in [-0.4, -0.2) is 33.5 Å². The summed E-state index contributed by atoms with van der Waals surface area (Å²) in [5.74, 6) is 0.751. The first kappa shape index (κ1) is 17.0. The smallest absolute Gasteiger partial charge is 0.328 e. The molecule has 0 saturated heterocycles. The lowest BCUT2D eigenvalue weighted by Gasteiger charge is -2.49. The lowest BCUT2D eigenvalue weighted by atomic mass is 9.58. The van der Waals surface area contributed by atoms with Crippen molar-refractivity contribution in [2.45, 2.75) is 32.3 Å². The maximum Gasteiger partial charge on any atom is 0.328 e. The second-order valence-corrected chi connectivity index (χ2v) is 6.91. The van der Waals surface area contributed by atoms with Crippen molar-refractivity contribution in [3.8, 4) is 0 Å². The lowest BCUT2D eigenvalue weighted by molar-refractivity contribution is -0.131. The molecular formula is C18H26O4. The van der Waals surface area contributed by atoms with Gasteiger partial charge in [-0.15, -0.1) is 0 Å². The minimum absolute atomic E-state index is 0.189. The van der Waals surface area contributed by atoms with Crippen molar-refractivity contribution in [3.63, 3.8) is 0 Å². The predicted molar refractivity (Wildman–Crippen MR) is 85.1 cm³/mol. The molecule has 0 aromatic heterocycles. The molecule has 4 nitrogen and oxygen atoms in total. The fraction of sp³-hybridized carbons (Fsp3) is 0.611. The molecule has 0 aliphatic heterocycles. The second-order valence-electron chi connectivity index (χ2n) is 6.91. The molecule has 0 amide bonds. The fourth-order valence-corrected chi connectivity index (χ4v) is 4.24. The molecule has 0 unspecified atom stereocenters. The van der Waals surface area contributed by atoms with Gasteiger partial charge in [-0.25, -0.2) is 4.79 Å². The van der Waals surface area contributed by atoms with Crippen molar-refractivity contribution in [1.29, 1.82) is 0 Å². The van der Waals surface area contributed by atoms with Crippen LogP contribution in [0.1, 0.15) is 26.7 Å². The van der Waals surface area contributed by atoms with Crippen molar-refractivity contribution in [2.24, 2.45) is 29.6 Å². The van der Waals surface area contributed by atoms with Crippen molar-refractivity contribution >= 4 is 5.97 Å². The van der Waals surface area contributed by atoms with Gasteiger partial charge in [-0.2, -0.15) is 0 Å². The lowest BCUT2D eigenvalue weighted by Crippen LogP contribution is -2.49. The van der Waals surface area contributed by atoms with Gasteiger partial charge in [0, 0.05) is 6.08 Å². The van der Waals surface area contributed by atoms with E-state index in [-0.39, 0.29) is 12.5 Å².